The number of rotatable bonds is 3. The van der Waals surface area contributed by atoms with Crippen LogP contribution in [0.2, 0.25) is 0 Å². The second-order valence-electron chi connectivity index (χ2n) is 3.69. The minimum absolute atomic E-state index is 0.482. The van der Waals surface area contributed by atoms with E-state index >= 15 is 0 Å². The Morgan fingerprint density at radius 1 is 1.25 bits per heavy atom. The number of carbonyl (C=O) groups excluding carboxylic acids is 2. The van der Waals surface area contributed by atoms with E-state index in [0.29, 0.717) is 6.54 Å². The Morgan fingerprint density at radius 2 is 1.94 bits per heavy atom. The summed E-state index contributed by atoms with van der Waals surface area (Å²) in [6, 6.07) is 8.63. The predicted octanol–water partition coefficient (Wildman–Crippen LogP) is 2.12. The number of nitrogens with zero attached hydrogens (tertiary/aromatic N) is 1. The molecule has 4 nitrogen and oxygen atoms in total. The lowest BCUT2D eigenvalue weighted by atomic mass is 10.1. The van der Waals surface area contributed by atoms with Crippen LogP contribution in [0.25, 0.3) is 0 Å². The van der Waals surface area contributed by atoms with Crippen molar-refractivity contribution in [1.29, 1.82) is 0 Å². The SMILES string of the molecule is CCCN1C(=O)OC(=O)C1c1ccccc1. The Hall–Kier alpha value is -1.84. The Bertz CT molecular complexity index is 402. The summed E-state index contributed by atoms with van der Waals surface area (Å²) in [6.07, 6.45) is 0.256. The van der Waals surface area contributed by atoms with Crippen molar-refractivity contribution in [2.24, 2.45) is 0 Å². The van der Waals surface area contributed by atoms with Crippen molar-refractivity contribution in [3.63, 3.8) is 0 Å². The monoisotopic (exact) mass is 219 g/mol. The largest absolute Gasteiger partial charge is 0.418 e. The number of amides is 1. The summed E-state index contributed by atoms with van der Waals surface area (Å²) < 4.78 is 4.64. The van der Waals surface area contributed by atoms with E-state index < -0.39 is 18.1 Å². The van der Waals surface area contributed by atoms with Gasteiger partial charge in [-0.1, -0.05) is 37.3 Å². The van der Waals surface area contributed by atoms with Gasteiger partial charge < -0.3 is 4.74 Å². The maximum absolute atomic E-state index is 11.6. The molecular formula is C12H13NO3. The van der Waals surface area contributed by atoms with Crippen LogP contribution in [-0.2, 0) is 9.53 Å². The van der Waals surface area contributed by atoms with E-state index in [1.54, 1.807) is 0 Å². The number of cyclic esters (lactones) is 2. The number of hydrogen-bond donors (Lipinski definition) is 0. The molecule has 0 aliphatic carbocycles. The summed E-state index contributed by atoms with van der Waals surface area (Å²) in [4.78, 5) is 24.5. The molecule has 1 aliphatic rings. The van der Waals surface area contributed by atoms with Gasteiger partial charge in [-0.15, -0.1) is 0 Å². The molecule has 0 aromatic heterocycles. The minimum atomic E-state index is -0.575. The number of carbonyl (C=O) groups is 2. The van der Waals surface area contributed by atoms with Gasteiger partial charge in [0.25, 0.3) is 0 Å². The zero-order valence-electron chi connectivity index (χ0n) is 9.05. The lowest BCUT2D eigenvalue weighted by Crippen LogP contribution is -2.29. The molecule has 1 atom stereocenters. The zero-order chi connectivity index (χ0) is 11.5. The highest BCUT2D eigenvalue weighted by Gasteiger charge is 2.41. The Kier molecular flexibility index (Phi) is 2.90. The molecule has 1 aromatic rings. The van der Waals surface area contributed by atoms with Crippen LogP contribution < -0.4 is 0 Å². The second-order valence-corrected chi connectivity index (χ2v) is 3.69. The normalized spacial score (nSPS) is 20.1. The summed E-state index contributed by atoms with van der Waals surface area (Å²) in [5.41, 5.74) is 0.798. The molecule has 0 bridgehead atoms. The molecule has 1 heterocycles. The summed E-state index contributed by atoms with van der Waals surface area (Å²) in [7, 11) is 0. The van der Waals surface area contributed by atoms with E-state index in [2.05, 4.69) is 4.74 Å². The minimum Gasteiger partial charge on any atom is -0.374 e. The summed E-state index contributed by atoms with van der Waals surface area (Å²) in [5.74, 6) is -0.482. The van der Waals surface area contributed by atoms with Crippen LogP contribution in [0, 0.1) is 0 Å². The topological polar surface area (TPSA) is 46.6 Å². The molecule has 1 fully saturated rings. The third-order valence-corrected chi connectivity index (χ3v) is 2.54. The first-order valence-electron chi connectivity index (χ1n) is 5.31. The number of esters is 1. The van der Waals surface area contributed by atoms with Crippen molar-refractivity contribution >= 4 is 12.1 Å². The van der Waals surface area contributed by atoms with Gasteiger partial charge in [0.1, 0.15) is 0 Å². The Morgan fingerprint density at radius 3 is 2.56 bits per heavy atom. The molecule has 0 radical (unpaired) electrons. The van der Waals surface area contributed by atoms with Crippen molar-refractivity contribution in [1.82, 2.24) is 4.90 Å². The molecule has 1 unspecified atom stereocenters. The van der Waals surface area contributed by atoms with E-state index in [-0.39, 0.29) is 0 Å². The first kappa shape index (κ1) is 10.7. The number of benzene rings is 1. The zero-order valence-corrected chi connectivity index (χ0v) is 9.05. The van der Waals surface area contributed by atoms with Crippen LogP contribution in [-0.4, -0.2) is 23.5 Å². The smallest absolute Gasteiger partial charge is 0.374 e. The van der Waals surface area contributed by atoms with Crippen LogP contribution >= 0.6 is 0 Å². The maximum Gasteiger partial charge on any atom is 0.418 e. The fourth-order valence-corrected chi connectivity index (χ4v) is 1.85. The van der Waals surface area contributed by atoms with Gasteiger partial charge in [0, 0.05) is 6.54 Å². The molecule has 1 saturated heterocycles. The summed E-state index contributed by atoms with van der Waals surface area (Å²) in [5, 5.41) is 0. The molecule has 84 valence electrons. The van der Waals surface area contributed by atoms with Gasteiger partial charge in [-0.3, -0.25) is 4.90 Å². The molecule has 0 saturated carbocycles. The van der Waals surface area contributed by atoms with E-state index in [9.17, 15) is 9.59 Å². The maximum atomic E-state index is 11.6. The molecule has 0 spiro atoms. The van der Waals surface area contributed by atoms with E-state index in [1.807, 2.05) is 37.3 Å². The van der Waals surface area contributed by atoms with Crippen molar-refractivity contribution in [2.45, 2.75) is 19.4 Å². The van der Waals surface area contributed by atoms with E-state index in [0.717, 1.165) is 12.0 Å². The third kappa shape index (κ3) is 1.78. The lowest BCUT2D eigenvalue weighted by Gasteiger charge is -2.18. The van der Waals surface area contributed by atoms with Crippen molar-refractivity contribution in [3.05, 3.63) is 35.9 Å². The molecule has 1 aliphatic heterocycles. The van der Waals surface area contributed by atoms with Crippen LogP contribution in [0.3, 0.4) is 0 Å². The van der Waals surface area contributed by atoms with Crippen LogP contribution in [0.4, 0.5) is 4.79 Å². The second kappa shape index (κ2) is 4.35. The highest BCUT2D eigenvalue weighted by Crippen LogP contribution is 2.28. The van der Waals surface area contributed by atoms with Gasteiger partial charge in [-0.05, 0) is 12.0 Å². The average molecular weight is 219 g/mol. The van der Waals surface area contributed by atoms with E-state index in [1.165, 1.54) is 4.90 Å². The predicted molar refractivity (Wildman–Crippen MR) is 57.7 cm³/mol. The first-order chi connectivity index (χ1) is 7.74. The Balaban J connectivity index is 2.30. The van der Waals surface area contributed by atoms with Crippen LogP contribution in [0.15, 0.2) is 30.3 Å². The van der Waals surface area contributed by atoms with E-state index in [4.69, 9.17) is 0 Å². The summed E-state index contributed by atoms with van der Waals surface area (Å²) >= 11 is 0. The van der Waals surface area contributed by atoms with Gasteiger partial charge in [-0.2, -0.15) is 0 Å². The number of hydrogen-bond acceptors (Lipinski definition) is 3. The standard InChI is InChI=1S/C12H13NO3/c1-2-8-13-10(11(14)16-12(13)15)9-6-4-3-5-7-9/h3-7,10H,2,8H2,1H3. The van der Waals surface area contributed by atoms with Gasteiger partial charge in [0.2, 0.25) is 0 Å². The Labute approximate surface area is 93.8 Å². The molecule has 1 amide bonds. The van der Waals surface area contributed by atoms with Crippen molar-refractivity contribution in [3.8, 4) is 0 Å². The fraction of sp³-hybridized carbons (Fsp3) is 0.333. The first-order valence-corrected chi connectivity index (χ1v) is 5.31. The van der Waals surface area contributed by atoms with Gasteiger partial charge in [0.15, 0.2) is 6.04 Å². The molecule has 16 heavy (non-hydrogen) atoms. The molecule has 1 aromatic carbocycles. The highest BCUT2D eigenvalue weighted by molar-refractivity contribution is 5.96. The lowest BCUT2D eigenvalue weighted by molar-refractivity contribution is -0.136. The molecule has 4 heteroatoms. The third-order valence-electron chi connectivity index (χ3n) is 2.54. The molecular weight excluding hydrogens is 206 g/mol. The highest BCUT2D eigenvalue weighted by atomic mass is 16.6. The number of ether oxygens (including phenoxy) is 1. The van der Waals surface area contributed by atoms with Crippen LogP contribution in [0.1, 0.15) is 24.9 Å². The molecule has 2 rings (SSSR count). The average Bonchev–Trinajstić information content (AvgIpc) is 2.56. The van der Waals surface area contributed by atoms with Crippen molar-refractivity contribution in [2.75, 3.05) is 6.54 Å². The van der Waals surface area contributed by atoms with Gasteiger partial charge in [-0.25, -0.2) is 9.59 Å². The molecule has 0 N–H and O–H groups in total. The van der Waals surface area contributed by atoms with Crippen LogP contribution in [0.5, 0.6) is 0 Å². The van der Waals surface area contributed by atoms with Gasteiger partial charge in [0.05, 0.1) is 0 Å². The van der Waals surface area contributed by atoms with Crippen molar-refractivity contribution < 1.29 is 14.3 Å². The fourth-order valence-electron chi connectivity index (χ4n) is 1.85. The van der Waals surface area contributed by atoms with Gasteiger partial charge >= 0.3 is 12.1 Å². The quantitative estimate of drug-likeness (QED) is 0.577. The summed E-state index contributed by atoms with van der Waals surface area (Å²) in [6.45, 7) is 2.49.